The predicted octanol–water partition coefficient (Wildman–Crippen LogP) is 1.92. The molecule has 0 aliphatic carbocycles. The van der Waals surface area contributed by atoms with Crippen LogP contribution in [-0.4, -0.2) is 32.4 Å². The van der Waals surface area contributed by atoms with Crippen molar-refractivity contribution < 1.29 is 9.59 Å². The van der Waals surface area contributed by atoms with Crippen LogP contribution in [0.3, 0.4) is 0 Å². The molecule has 8 nitrogen and oxygen atoms in total. The van der Waals surface area contributed by atoms with Crippen LogP contribution in [0.5, 0.6) is 0 Å². The molecule has 1 aromatic carbocycles. The number of anilines is 1. The number of aromatic amines is 1. The van der Waals surface area contributed by atoms with E-state index in [4.69, 9.17) is 0 Å². The standard InChI is InChI=1S/C16H22N6O2/c1-10(2)12-6-4-5-7-13(12)18-15(24)9-8-14(23)17-11(3)16-19-21-22-20-16/h4-7,10-11H,8-9H2,1-3H3,(H,17,23)(H,18,24)(H,19,20,21,22)/t11-/m0/s1. The van der Waals surface area contributed by atoms with Crippen LogP contribution in [0, 0.1) is 0 Å². The summed E-state index contributed by atoms with van der Waals surface area (Å²) in [6.07, 6.45) is 0.203. The van der Waals surface area contributed by atoms with Crippen molar-refractivity contribution in [3.8, 4) is 0 Å². The second-order valence-electron chi connectivity index (χ2n) is 5.85. The van der Waals surface area contributed by atoms with Gasteiger partial charge in [-0.1, -0.05) is 37.3 Å². The minimum atomic E-state index is -0.360. The summed E-state index contributed by atoms with van der Waals surface area (Å²) in [7, 11) is 0. The third-order valence-corrected chi connectivity index (χ3v) is 3.56. The van der Waals surface area contributed by atoms with Crippen LogP contribution in [0.2, 0.25) is 0 Å². The Morgan fingerprint density at radius 3 is 2.50 bits per heavy atom. The second kappa shape index (κ2) is 8.19. The average molecular weight is 330 g/mol. The van der Waals surface area contributed by atoms with Gasteiger partial charge in [0.15, 0.2) is 5.82 Å². The normalized spacial score (nSPS) is 12.0. The first-order chi connectivity index (χ1) is 11.5. The van der Waals surface area contributed by atoms with Crippen LogP contribution >= 0.6 is 0 Å². The van der Waals surface area contributed by atoms with Crippen LogP contribution in [0.1, 0.15) is 57.0 Å². The average Bonchev–Trinajstić information content (AvgIpc) is 3.08. The first-order valence-electron chi connectivity index (χ1n) is 7.89. The SMILES string of the molecule is CC(C)c1ccccc1NC(=O)CCC(=O)N[C@@H](C)c1nn[nH]n1. The maximum absolute atomic E-state index is 12.1. The van der Waals surface area contributed by atoms with Crippen molar-refractivity contribution in [3.63, 3.8) is 0 Å². The first-order valence-corrected chi connectivity index (χ1v) is 7.89. The van der Waals surface area contributed by atoms with E-state index in [0.717, 1.165) is 11.3 Å². The lowest BCUT2D eigenvalue weighted by Gasteiger charge is -2.14. The Bertz CT molecular complexity index is 684. The molecule has 1 atom stereocenters. The molecule has 0 aliphatic rings. The Labute approximate surface area is 140 Å². The number of amides is 2. The van der Waals surface area contributed by atoms with Crippen LogP contribution < -0.4 is 10.6 Å². The number of benzene rings is 1. The molecular formula is C16H22N6O2. The number of hydrogen-bond acceptors (Lipinski definition) is 5. The zero-order valence-electron chi connectivity index (χ0n) is 14.0. The van der Waals surface area contributed by atoms with Crippen molar-refractivity contribution in [1.29, 1.82) is 0 Å². The van der Waals surface area contributed by atoms with E-state index in [-0.39, 0.29) is 30.7 Å². The number of H-pyrrole nitrogens is 1. The molecule has 1 aromatic heterocycles. The molecule has 8 heteroatoms. The largest absolute Gasteiger partial charge is 0.346 e. The number of nitrogens with one attached hydrogen (secondary N) is 3. The first kappa shape index (κ1) is 17.6. The highest BCUT2D eigenvalue weighted by molar-refractivity contribution is 5.93. The van der Waals surface area contributed by atoms with Gasteiger partial charge in [0.05, 0.1) is 6.04 Å². The second-order valence-corrected chi connectivity index (χ2v) is 5.85. The fraction of sp³-hybridized carbons (Fsp3) is 0.438. The van der Waals surface area contributed by atoms with Gasteiger partial charge in [0.1, 0.15) is 0 Å². The van der Waals surface area contributed by atoms with Crippen LogP contribution in [0.4, 0.5) is 5.69 Å². The number of carbonyl (C=O) groups excluding carboxylic acids is 2. The molecule has 24 heavy (non-hydrogen) atoms. The molecule has 1 heterocycles. The minimum Gasteiger partial charge on any atom is -0.346 e. The fourth-order valence-electron chi connectivity index (χ4n) is 2.29. The molecule has 3 N–H and O–H groups in total. The van der Waals surface area contributed by atoms with Crippen molar-refractivity contribution in [2.24, 2.45) is 0 Å². The van der Waals surface area contributed by atoms with Gasteiger partial charge >= 0.3 is 0 Å². The molecule has 128 valence electrons. The number of nitrogens with zero attached hydrogens (tertiary/aromatic N) is 3. The molecule has 0 fully saturated rings. The van der Waals surface area contributed by atoms with Crippen LogP contribution in [-0.2, 0) is 9.59 Å². The third kappa shape index (κ3) is 4.87. The molecule has 2 aromatic rings. The van der Waals surface area contributed by atoms with Gasteiger partial charge < -0.3 is 10.6 Å². The van der Waals surface area contributed by atoms with Gasteiger partial charge in [-0.2, -0.15) is 5.21 Å². The highest BCUT2D eigenvalue weighted by atomic mass is 16.2. The molecule has 2 rings (SSSR count). The number of hydrogen-bond donors (Lipinski definition) is 3. The summed E-state index contributed by atoms with van der Waals surface area (Å²) in [6.45, 7) is 5.89. The van der Waals surface area contributed by atoms with Gasteiger partial charge in [0.25, 0.3) is 0 Å². The maximum Gasteiger partial charge on any atom is 0.224 e. The molecule has 0 saturated heterocycles. The molecule has 0 aliphatic heterocycles. The summed E-state index contributed by atoms with van der Waals surface area (Å²) >= 11 is 0. The Hall–Kier alpha value is -2.77. The molecule has 0 spiro atoms. The van der Waals surface area contributed by atoms with E-state index in [0.29, 0.717) is 11.7 Å². The number of aromatic nitrogens is 4. The quantitative estimate of drug-likeness (QED) is 0.718. The number of tetrazole rings is 1. The van der Waals surface area contributed by atoms with E-state index < -0.39 is 0 Å². The van der Waals surface area contributed by atoms with Crippen LogP contribution in [0.15, 0.2) is 24.3 Å². The van der Waals surface area contributed by atoms with Crippen molar-refractivity contribution in [1.82, 2.24) is 25.9 Å². The highest BCUT2D eigenvalue weighted by Crippen LogP contribution is 2.23. The van der Waals surface area contributed by atoms with Crippen LogP contribution in [0.25, 0.3) is 0 Å². The van der Waals surface area contributed by atoms with Crippen molar-refractivity contribution in [2.45, 2.75) is 45.6 Å². The van der Waals surface area contributed by atoms with E-state index >= 15 is 0 Å². The lowest BCUT2D eigenvalue weighted by molar-refractivity contribution is -0.124. The van der Waals surface area contributed by atoms with Crippen molar-refractivity contribution in [2.75, 3.05) is 5.32 Å². The summed E-state index contributed by atoms with van der Waals surface area (Å²) in [5.74, 6) is 0.282. The Morgan fingerprint density at radius 2 is 1.83 bits per heavy atom. The van der Waals surface area contributed by atoms with Gasteiger partial charge in [-0.3, -0.25) is 9.59 Å². The zero-order valence-corrected chi connectivity index (χ0v) is 14.0. The van der Waals surface area contributed by atoms with Gasteiger partial charge in [-0.15, -0.1) is 10.2 Å². The molecule has 2 amide bonds. The lowest BCUT2D eigenvalue weighted by atomic mass is 10.0. The molecule has 0 saturated carbocycles. The third-order valence-electron chi connectivity index (χ3n) is 3.56. The van der Waals surface area contributed by atoms with Gasteiger partial charge in [0, 0.05) is 18.5 Å². The monoisotopic (exact) mass is 330 g/mol. The lowest BCUT2D eigenvalue weighted by Crippen LogP contribution is -2.28. The number of para-hydroxylation sites is 1. The topological polar surface area (TPSA) is 113 Å². The molecule has 0 radical (unpaired) electrons. The minimum absolute atomic E-state index is 0.0951. The van der Waals surface area contributed by atoms with Gasteiger partial charge in [-0.25, -0.2) is 0 Å². The predicted molar refractivity (Wildman–Crippen MR) is 89.1 cm³/mol. The molecule has 0 bridgehead atoms. The fourth-order valence-corrected chi connectivity index (χ4v) is 2.29. The zero-order chi connectivity index (χ0) is 17.5. The van der Waals surface area contributed by atoms with E-state index in [1.54, 1.807) is 6.92 Å². The van der Waals surface area contributed by atoms with Gasteiger partial charge in [0.2, 0.25) is 11.8 Å². The number of rotatable bonds is 7. The summed E-state index contributed by atoms with van der Waals surface area (Å²) in [5.41, 5.74) is 1.86. The number of carbonyl (C=O) groups is 2. The Balaban J connectivity index is 1.82. The smallest absolute Gasteiger partial charge is 0.224 e. The van der Waals surface area contributed by atoms with E-state index in [9.17, 15) is 9.59 Å². The van der Waals surface area contributed by atoms with E-state index in [1.165, 1.54) is 0 Å². The van der Waals surface area contributed by atoms with E-state index in [1.807, 2.05) is 24.3 Å². The highest BCUT2D eigenvalue weighted by Gasteiger charge is 2.15. The molecule has 0 unspecified atom stereocenters. The Morgan fingerprint density at radius 1 is 1.12 bits per heavy atom. The summed E-state index contributed by atoms with van der Waals surface area (Å²) in [5, 5.41) is 19.0. The summed E-state index contributed by atoms with van der Waals surface area (Å²) in [4.78, 5) is 24.0. The maximum atomic E-state index is 12.1. The van der Waals surface area contributed by atoms with E-state index in [2.05, 4.69) is 45.1 Å². The van der Waals surface area contributed by atoms with Gasteiger partial charge in [-0.05, 0) is 24.5 Å². The summed E-state index contributed by atoms with van der Waals surface area (Å²) in [6, 6.07) is 7.31. The van der Waals surface area contributed by atoms with Crippen molar-refractivity contribution in [3.05, 3.63) is 35.7 Å². The summed E-state index contributed by atoms with van der Waals surface area (Å²) < 4.78 is 0. The molecular weight excluding hydrogens is 308 g/mol. The Kier molecular flexibility index (Phi) is 6.00. The van der Waals surface area contributed by atoms with Crippen molar-refractivity contribution >= 4 is 17.5 Å².